The van der Waals surface area contributed by atoms with Gasteiger partial charge < -0.3 is 5.73 Å². The lowest BCUT2D eigenvalue weighted by atomic mass is 10.1. The minimum Gasteiger partial charge on any atom is -0.327 e. The standard InChI is InChI=1S/C18H24N2S/c19-17(7-6-15-4-2-1-3-5-15)13-20(18-8-9-18)12-16-10-11-21-14-16/h1-5,10-11,14,17-18H,6-9,12-13,19H2. The van der Waals surface area contributed by atoms with Crippen LogP contribution >= 0.6 is 11.3 Å². The van der Waals surface area contributed by atoms with Crippen LogP contribution in [0.25, 0.3) is 0 Å². The van der Waals surface area contributed by atoms with E-state index in [1.807, 2.05) is 0 Å². The molecule has 0 spiro atoms. The van der Waals surface area contributed by atoms with E-state index in [9.17, 15) is 0 Å². The molecule has 1 aliphatic carbocycles. The first-order valence-corrected chi connectivity index (χ1v) is 8.80. The van der Waals surface area contributed by atoms with Crippen molar-refractivity contribution in [3.05, 3.63) is 58.3 Å². The maximum absolute atomic E-state index is 6.38. The van der Waals surface area contributed by atoms with Gasteiger partial charge in [0.2, 0.25) is 0 Å². The molecule has 21 heavy (non-hydrogen) atoms. The molecule has 0 saturated heterocycles. The quantitative estimate of drug-likeness (QED) is 0.806. The van der Waals surface area contributed by atoms with Crippen molar-refractivity contribution in [3.63, 3.8) is 0 Å². The molecule has 0 aliphatic heterocycles. The Morgan fingerprint density at radius 2 is 1.95 bits per heavy atom. The molecule has 1 atom stereocenters. The van der Waals surface area contributed by atoms with E-state index in [0.29, 0.717) is 0 Å². The number of hydrogen-bond donors (Lipinski definition) is 1. The summed E-state index contributed by atoms with van der Waals surface area (Å²) in [5, 5.41) is 4.42. The van der Waals surface area contributed by atoms with Crippen LogP contribution in [0.2, 0.25) is 0 Å². The Bertz CT molecular complexity index is 519. The number of nitrogens with two attached hydrogens (primary N) is 1. The van der Waals surface area contributed by atoms with E-state index in [0.717, 1.165) is 32.0 Å². The van der Waals surface area contributed by atoms with Crippen LogP contribution in [-0.4, -0.2) is 23.5 Å². The van der Waals surface area contributed by atoms with Crippen LogP contribution in [0.5, 0.6) is 0 Å². The molecule has 1 aliphatic rings. The van der Waals surface area contributed by atoms with Crippen molar-refractivity contribution >= 4 is 11.3 Å². The van der Waals surface area contributed by atoms with Gasteiger partial charge in [0.25, 0.3) is 0 Å². The Morgan fingerprint density at radius 3 is 2.62 bits per heavy atom. The summed E-state index contributed by atoms with van der Waals surface area (Å²) in [7, 11) is 0. The van der Waals surface area contributed by atoms with Crippen LogP contribution in [0.4, 0.5) is 0 Å². The zero-order valence-electron chi connectivity index (χ0n) is 12.4. The number of hydrogen-bond acceptors (Lipinski definition) is 3. The van der Waals surface area contributed by atoms with E-state index in [2.05, 4.69) is 52.1 Å². The Morgan fingerprint density at radius 1 is 1.14 bits per heavy atom. The maximum atomic E-state index is 6.38. The Labute approximate surface area is 131 Å². The number of aryl methyl sites for hydroxylation is 1. The minimum atomic E-state index is 0.268. The fourth-order valence-electron chi connectivity index (χ4n) is 2.79. The van der Waals surface area contributed by atoms with Crippen molar-refractivity contribution in [2.45, 2.75) is 44.3 Å². The van der Waals surface area contributed by atoms with Gasteiger partial charge in [-0.25, -0.2) is 0 Å². The molecule has 0 radical (unpaired) electrons. The van der Waals surface area contributed by atoms with Gasteiger partial charge in [-0.15, -0.1) is 0 Å². The molecule has 2 nitrogen and oxygen atoms in total. The van der Waals surface area contributed by atoms with Gasteiger partial charge in [0.05, 0.1) is 0 Å². The van der Waals surface area contributed by atoms with Gasteiger partial charge in [-0.1, -0.05) is 30.3 Å². The van der Waals surface area contributed by atoms with Gasteiger partial charge in [0, 0.05) is 25.2 Å². The largest absolute Gasteiger partial charge is 0.327 e. The summed E-state index contributed by atoms with van der Waals surface area (Å²) in [6.07, 6.45) is 4.83. The van der Waals surface area contributed by atoms with E-state index in [1.54, 1.807) is 11.3 Å². The summed E-state index contributed by atoms with van der Waals surface area (Å²) in [4.78, 5) is 2.58. The molecule has 1 heterocycles. The average molecular weight is 300 g/mol. The van der Waals surface area contributed by atoms with Crippen LogP contribution < -0.4 is 5.73 Å². The molecule has 1 aromatic carbocycles. The van der Waals surface area contributed by atoms with Gasteiger partial charge >= 0.3 is 0 Å². The molecular formula is C18H24N2S. The third kappa shape index (κ3) is 4.67. The maximum Gasteiger partial charge on any atom is 0.0245 e. The first-order chi connectivity index (χ1) is 10.3. The molecule has 2 aromatic rings. The molecule has 1 saturated carbocycles. The second kappa shape index (κ2) is 7.21. The fraction of sp³-hybridized carbons (Fsp3) is 0.444. The van der Waals surface area contributed by atoms with Crippen LogP contribution in [0, 0.1) is 0 Å². The van der Waals surface area contributed by atoms with Crippen molar-refractivity contribution < 1.29 is 0 Å². The molecular weight excluding hydrogens is 276 g/mol. The fourth-order valence-corrected chi connectivity index (χ4v) is 3.45. The van der Waals surface area contributed by atoms with Gasteiger partial charge in [-0.3, -0.25) is 4.90 Å². The lowest BCUT2D eigenvalue weighted by molar-refractivity contribution is 0.235. The number of thiophene rings is 1. The third-order valence-corrected chi connectivity index (χ3v) is 4.88. The third-order valence-electron chi connectivity index (χ3n) is 4.14. The summed E-state index contributed by atoms with van der Waals surface area (Å²) >= 11 is 1.78. The van der Waals surface area contributed by atoms with Crippen molar-refractivity contribution in [1.29, 1.82) is 0 Å². The van der Waals surface area contributed by atoms with Crippen molar-refractivity contribution in [1.82, 2.24) is 4.90 Å². The predicted molar refractivity (Wildman–Crippen MR) is 90.5 cm³/mol. The zero-order chi connectivity index (χ0) is 14.5. The first kappa shape index (κ1) is 14.8. The van der Waals surface area contributed by atoms with Crippen LogP contribution in [-0.2, 0) is 13.0 Å². The smallest absolute Gasteiger partial charge is 0.0245 e. The van der Waals surface area contributed by atoms with Crippen LogP contribution in [0.15, 0.2) is 47.2 Å². The highest BCUT2D eigenvalue weighted by molar-refractivity contribution is 7.07. The molecule has 1 aromatic heterocycles. The molecule has 112 valence electrons. The molecule has 1 unspecified atom stereocenters. The summed E-state index contributed by atoms with van der Waals surface area (Å²) in [5.74, 6) is 0. The Balaban J connectivity index is 1.48. The number of benzene rings is 1. The molecule has 0 amide bonds. The highest BCUT2D eigenvalue weighted by Crippen LogP contribution is 2.29. The number of rotatable bonds is 8. The topological polar surface area (TPSA) is 29.3 Å². The predicted octanol–water partition coefficient (Wildman–Crippen LogP) is 3.67. The summed E-state index contributed by atoms with van der Waals surface area (Å²) in [6.45, 7) is 2.08. The van der Waals surface area contributed by atoms with Crippen molar-refractivity contribution in [2.24, 2.45) is 5.73 Å². The van der Waals surface area contributed by atoms with Crippen molar-refractivity contribution in [3.8, 4) is 0 Å². The second-order valence-electron chi connectivity index (χ2n) is 6.08. The molecule has 2 N–H and O–H groups in total. The lowest BCUT2D eigenvalue weighted by Gasteiger charge is -2.25. The Hall–Kier alpha value is -1.16. The Kier molecular flexibility index (Phi) is 5.07. The normalized spacial score (nSPS) is 16.3. The first-order valence-electron chi connectivity index (χ1n) is 7.86. The van der Waals surface area contributed by atoms with E-state index >= 15 is 0 Å². The highest BCUT2D eigenvalue weighted by atomic mass is 32.1. The van der Waals surface area contributed by atoms with Crippen LogP contribution in [0.1, 0.15) is 30.4 Å². The average Bonchev–Trinajstić information content (AvgIpc) is 3.24. The molecule has 1 fully saturated rings. The summed E-state index contributed by atoms with van der Waals surface area (Å²) < 4.78 is 0. The second-order valence-corrected chi connectivity index (χ2v) is 6.86. The monoisotopic (exact) mass is 300 g/mol. The van der Waals surface area contributed by atoms with Gasteiger partial charge in [0.15, 0.2) is 0 Å². The van der Waals surface area contributed by atoms with E-state index in [4.69, 9.17) is 5.73 Å². The SMILES string of the molecule is NC(CCc1ccccc1)CN(Cc1ccsc1)C1CC1. The van der Waals surface area contributed by atoms with Gasteiger partial charge in [0.1, 0.15) is 0 Å². The van der Waals surface area contributed by atoms with Crippen LogP contribution in [0.3, 0.4) is 0 Å². The minimum absolute atomic E-state index is 0.268. The van der Waals surface area contributed by atoms with E-state index in [1.165, 1.54) is 24.0 Å². The van der Waals surface area contributed by atoms with E-state index in [-0.39, 0.29) is 6.04 Å². The zero-order valence-corrected chi connectivity index (χ0v) is 13.3. The molecule has 3 heteroatoms. The highest BCUT2D eigenvalue weighted by Gasteiger charge is 2.29. The lowest BCUT2D eigenvalue weighted by Crippen LogP contribution is -2.38. The van der Waals surface area contributed by atoms with Gasteiger partial charge in [-0.05, 0) is 53.6 Å². The van der Waals surface area contributed by atoms with Crippen molar-refractivity contribution in [2.75, 3.05) is 6.54 Å². The summed E-state index contributed by atoms with van der Waals surface area (Å²) in [5.41, 5.74) is 9.20. The molecule has 0 bridgehead atoms. The van der Waals surface area contributed by atoms with Gasteiger partial charge in [-0.2, -0.15) is 11.3 Å². The number of nitrogens with zero attached hydrogens (tertiary/aromatic N) is 1. The summed E-state index contributed by atoms with van der Waals surface area (Å²) in [6, 6.07) is 13.9. The van der Waals surface area contributed by atoms with E-state index < -0.39 is 0 Å². The molecule has 3 rings (SSSR count).